The van der Waals surface area contributed by atoms with Gasteiger partial charge in [-0.25, -0.2) is 0 Å². The van der Waals surface area contributed by atoms with Gasteiger partial charge in [-0.05, 0) is 43.6 Å². The monoisotopic (exact) mass is 286 g/mol. The lowest BCUT2D eigenvalue weighted by Gasteiger charge is -2.22. The summed E-state index contributed by atoms with van der Waals surface area (Å²) < 4.78 is 5.59. The van der Waals surface area contributed by atoms with Gasteiger partial charge in [-0.1, -0.05) is 43.5 Å². The van der Waals surface area contributed by atoms with E-state index >= 15 is 0 Å². The first-order valence-electron chi connectivity index (χ1n) is 8.58. The zero-order valence-corrected chi connectivity index (χ0v) is 12.9. The molecule has 1 saturated carbocycles. The highest BCUT2D eigenvalue weighted by atomic mass is 16.5. The van der Waals surface area contributed by atoms with Crippen molar-refractivity contribution in [2.75, 3.05) is 6.61 Å². The highest BCUT2D eigenvalue weighted by molar-refractivity contribution is 5.96. The Bertz CT molecular complexity index is 451. The molecule has 1 aromatic carbocycles. The summed E-state index contributed by atoms with van der Waals surface area (Å²) in [6.45, 7) is 0.870. The second-order valence-corrected chi connectivity index (χ2v) is 6.55. The van der Waals surface area contributed by atoms with Crippen molar-refractivity contribution in [1.82, 2.24) is 0 Å². The van der Waals surface area contributed by atoms with Crippen LogP contribution in [0.2, 0.25) is 0 Å². The number of benzene rings is 1. The maximum atomic E-state index is 12.2. The van der Waals surface area contributed by atoms with Gasteiger partial charge in [-0.3, -0.25) is 4.79 Å². The van der Waals surface area contributed by atoms with Gasteiger partial charge >= 0.3 is 0 Å². The van der Waals surface area contributed by atoms with E-state index in [1.165, 1.54) is 37.7 Å². The minimum atomic E-state index is 0.265. The highest BCUT2D eigenvalue weighted by Crippen LogP contribution is 2.32. The van der Waals surface area contributed by atoms with Crippen LogP contribution in [0.15, 0.2) is 24.3 Å². The molecule has 2 heteroatoms. The van der Waals surface area contributed by atoms with Gasteiger partial charge in [0.25, 0.3) is 0 Å². The Morgan fingerprint density at radius 3 is 2.43 bits per heavy atom. The van der Waals surface area contributed by atoms with Gasteiger partial charge in [0.1, 0.15) is 0 Å². The second kappa shape index (κ2) is 7.22. The van der Waals surface area contributed by atoms with Crippen LogP contribution in [0.4, 0.5) is 0 Å². The van der Waals surface area contributed by atoms with Crippen molar-refractivity contribution in [3.63, 3.8) is 0 Å². The normalized spacial score (nSPS) is 23.3. The molecule has 0 bridgehead atoms. The smallest absolute Gasteiger partial charge is 0.162 e. The summed E-state index contributed by atoms with van der Waals surface area (Å²) in [5.41, 5.74) is 2.29. The van der Waals surface area contributed by atoms with E-state index in [9.17, 15) is 4.79 Å². The average molecular weight is 286 g/mol. The van der Waals surface area contributed by atoms with Crippen molar-refractivity contribution in [3.05, 3.63) is 35.4 Å². The van der Waals surface area contributed by atoms with E-state index in [0.29, 0.717) is 12.5 Å². The first-order chi connectivity index (χ1) is 10.3. The number of ketones is 1. The van der Waals surface area contributed by atoms with Crippen molar-refractivity contribution in [3.8, 4) is 0 Å². The van der Waals surface area contributed by atoms with Crippen molar-refractivity contribution < 1.29 is 9.53 Å². The zero-order chi connectivity index (χ0) is 14.5. The molecule has 3 rings (SSSR count). The molecular formula is C19H26O2. The third-order valence-electron chi connectivity index (χ3n) is 5.03. The van der Waals surface area contributed by atoms with Gasteiger partial charge in [-0.2, -0.15) is 0 Å². The SMILES string of the molecule is O=C(CCC1CCCO1)c1ccc(C2CCCCC2)cc1. The predicted molar refractivity (Wildman–Crippen MR) is 84.8 cm³/mol. The van der Waals surface area contributed by atoms with E-state index in [1.807, 2.05) is 12.1 Å². The molecule has 0 aromatic heterocycles. The number of ether oxygens (including phenoxy) is 1. The third-order valence-corrected chi connectivity index (χ3v) is 5.03. The maximum Gasteiger partial charge on any atom is 0.162 e. The summed E-state index contributed by atoms with van der Waals surface area (Å²) in [7, 11) is 0. The lowest BCUT2D eigenvalue weighted by molar-refractivity contribution is 0.0859. The third kappa shape index (κ3) is 3.94. The molecule has 0 spiro atoms. The van der Waals surface area contributed by atoms with E-state index in [1.54, 1.807) is 0 Å². The van der Waals surface area contributed by atoms with Crippen LogP contribution >= 0.6 is 0 Å². The molecule has 1 aliphatic carbocycles. The molecule has 1 heterocycles. The largest absolute Gasteiger partial charge is 0.378 e. The van der Waals surface area contributed by atoms with E-state index in [0.717, 1.165) is 37.4 Å². The molecule has 0 amide bonds. The predicted octanol–water partition coefficient (Wildman–Crippen LogP) is 4.88. The Morgan fingerprint density at radius 2 is 1.76 bits per heavy atom. The van der Waals surface area contributed by atoms with Crippen LogP contribution in [0.1, 0.15) is 79.6 Å². The number of hydrogen-bond acceptors (Lipinski definition) is 2. The Labute approximate surface area is 127 Å². The van der Waals surface area contributed by atoms with Crippen LogP contribution in [0.5, 0.6) is 0 Å². The van der Waals surface area contributed by atoms with E-state index in [-0.39, 0.29) is 5.78 Å². The molecule has 1 atom stereocenters. The first kappa shape index (κ1) is 14.8. The summed E-state index contributed by atoms with van der Waals surface area (Å²) in [6, 6.07) is 8.41. The van der Waals surface area contributed by atoms with Crippen LogP contribution in [0, 0.1) is 0 Å². The number of Topliss-reactive ketones (excluding diaryl/α,β-unsaturated/α-hetero) is 1. The molecule has 2 fully saturated rings. The summed E-state index contributed by atoms with van der Waals surface area (Å²) >= 11 is 0. The second-order valence-electron chi connectivity index (χ2n) is 6.55. The fourth-order valence-corrected chi connectivity index (χ4v) is 3.69. The molecule has 1 unspecified atom stereocenters. The minimum absolute atomic E-state index is 0.265. The van der Waals surface area contributed by atoms with Gasteiger partial charge in [0.15, 0.2) is 5.78 Å². The lowest BCUT2D eigenvalue weighted by atomic mass is 9.84. The van der Waals surface area contributed by atoms with Crippen LogP contribution in [-0.4, -0.2) is 18.5 Å². The molecular weight excluding hydrogens is 260 g/mol. The Kier molecular flexibility index (Phi) is 5.08. The molecule has 1 saturated heterocycles. The fraction of sp³-hybridized carbons (Fsp3) is 0.632. The summed E-state index contributed by atoms with van der Waals surface area (Å²) in [5.74, 6) is 0.982. The first-order valence-corrected chi connectivity index (χ1v) is 8.58. The molecule has 1 aliphatic heterocycles. The minimum Gasteiger partial charge on any atom is -0.378 e. The average Bonchev–Trinajstić information content (AvgIpc) is 3.07. The van der Waals surface area contributed by atoms with Crippen molar-refractivity contribution in [2.24, 2.45) is 0 Å². The molecule has 0 radical (unpaired) electrons. The van der Waals surface area contributed by atoms with Gasteiger partial charge in [0.2, 0.25) is 0 Å². The fourth-order valence-electron chi connectivity index (χ4n) is 3.69. The van der Waals surface area contributed by atoms with E-state index < -0.39 is 0 Å². The molecule has 2 aliphatic rings. The molecule has 114 valence electrons. The van der Waals surface area contributed by atoms with Crippen LogP contribution in [0.25, 0.3) is 0 Å². The van der Waals surface area contributed by atoms with E-state index in [4.69, 9.17) is 4.74 Å². The van der Waals surface area contributed by atoms with Gasteiger partial charge < -0.3 is 4.74 Å². The van der Waals surface area contributed by atoms with Crippen LogP contribution in [-0.2, 0) is 4.74 Å². The van der Waals surface area contributed by atoms with E-state index in [2.05, 4.69) is 12.1 Å². The molecule has 2 nitrogen and oxygen atoms in total. The highest BCUT2D eigenvalue weighted by Gasteiger charge is 2.18. The van der Waals surface area contributed by atoms with Crippen LogP contribution in [0.3, 0.4) is 0 Å². The summed E-state index contributed by atoms with van der Waals surface area (Å²) in [6.07, 6.45) is 10.8. The zero-order valence-electron chi connectivity index (χ0n) is 12.9. The Balaban J connectivity index is 1.54. The number of hydrogen-bond donors (Lipinski definition) is 0. The number of rotatable bonds is 5. The van der Waals surface area contributed by atoms with Crippen molar-refractivity contribution in [2.45, 2.75) is 69.8 Å². The molecule has 1 aromatic rings. The summed E-state index contributed by atoms with van der Waals surface area (Å²) in [5, 5.41) is 0. The van der Waals surface area contributed by atoms with Crippen LogP contribution < -0.4 is 0 Å². The summed E-state index contributed by atoms with van der Waals surface area (Å²) in [4.78, 5) is 12.2. The Morgan fingerprint density at radius 1 is 1.00 bits per heavy atom. The van der Waals surface area contributed by atoms with Gasteiger partial charge in [-0.15, -0.1) is 0 Å². The Hall–Kier alpha value is -1.15. The van der Waals surface area contributed by atoms with Crippen molar-refractivity contribution >= 4 is 5.78 Å². The quantitative estimate of drug-likeness (QED) is 0.721. The lowest BCUT2D eigenvalue weighted by Crippen LogP contribution is -2.09. The topological polar surface area (TPSA) is 26.3 Å². The molecule has 21 heavy (non-hydrogen) atoms. The number of carbonyl (C=O) groups excluding carboxylic acids is 1. The maximum absolute atomic E-state index is 12.2. The standard InChI is InChI=1S/C19H26O2/c20-19(13-12-18-7-4-14-21-18)17-10-8-16(9-11-17)15-5-2-1-3-6-15/h8-11,15,18H,1-7,12-14H2. The number of carbonyl (C=O) groups is 1. The molecule has 0 N–H and O–H groups in total. The van der Waals surface area contributed by atoms with Crippen molar-refractivity contribution in [1.29, 1.82) is 0 Å². The van der Waals surface area contributed by atoms with Gasteiger partial charge in [0, 0.05) is 18.6 Å². The van der Waals surface area contributed by atoms with Gasteiger partial charge in [0.05, 0.1) is 6.10 Å².